The van der Waals surface area contributed by atoms with Crippen LogP contribution in [0.3, 0.4) is 0 Å². The maximum Gasteiger partial charge on any atom is 0.0476 e. The molecule has 1 aliphatic heterocycles. The molecule has 1 aromatic rings. The number of aliphatic hydroxyl groups excluding tert-OH is 1. The van der Waals surface area contributed by atoms with Gasteiger partial charge in [-0.05, 0) is 18.6 Å². The molecular weight excluding hydrogens is 224 g/mol. The predicted molar refractivity (Wildman–Crippen MR) is 66.7 cm³/mol. The van der Waals surface area contributed by atoms with Crippen LogP contribution in [0.25, 0.3) is 0 Å². The van der Waals surface area contributed by atoms with E-state index in [-0.39, 0.29) is 6.61 Å². The molecule has 3 N–H and O–H groups in total. The lowest BCUT2D eigenvalue weighted by Gasteiger charge is -2.22. The highest BCUT2D eigenvalue weighted by atomic mass is 35.5. The third-order valence-corrected chi connectivity index (χ3v) is 3.54. The molecule has 2 rings (SSSR count). The summed E-state index contributed by atoms with van der Waals surface area (Å²) >= 11 is 6.12. The lowest BCUT2D eigenvalue weighted by Crippen LogP contribution is -2.22. The minimum absolute atomic E-state index is 0.259. The van der Waals surface area contributed by atoms with Gasteiger partial charge < -0.3 is 15.7 Å². The third kappa shape index (κ3) is 2.17. The number of nitrogens with two attached hydrogens (primary N) is 1. The Morgan fingerprint density at radius 2 is 2.31 bits per heavy atom. The lowest BCUT2D eigenvalue weighted by molar-refractivity contribution is 0.238. The van der Waals surface area contributed by atoms with Crippen molar-refractivity contribution in [3.8, 4) is 0 Å². The SMILES string of the molecule is NCc1c(Cl)cccc1N1CCC(CO)C1. The molecule has 0 aliphatic carbocycles. The van der Waals surface area contributed by atoms with Gasteiger partial charge in [-0.1, -0.05) is 17.7 Å². The second kappa shape index (κ2) is 5.04. The normalized spacial score (nSPS) is 20.4. The summed E-state index contributed by atoms with van der Waals surface area (Å²) in [5.41, 5.74) is 7.84. The average Bonchev–Trinajstić information content (AvgIpc) is 2.77. The van der Waals surface area contributed by atoms with Gasteiger partial charge in [0.2, 0.25) is 0 Å². The Labute approximate surface area is 101 Å². The highest BCUT2D eigenvalue weighted by Gasteiger charge is 2.23. The first kappa shape index (κ1) is 11.7. The van der Waals surface area contributed by atoms with Crippen molar-refractivity contribution < 1.29 is 5.11 Å². The van der Waals surface area contributed by atoms with Crippen LogP contribution in [-0.2, 0) is 6.54 Å². The summed E-state index contributed by atoms with van der Waals surface area (Å²) in [6.45, 7) is 2.58. The van der Waals surface area contributed by atoms with E-state index < -0.39 is 0 Å². The van der Waals surface area contributed by atoms with Crippen molar-refractivity contribution in [3.63, 3.8) is 0 Å². The zero-order valence-electron chi connectivity index (χ0n) is 9.19. The molecule has 1 unspecified atom stereocenters. The van der Waals surface area contributed by atoms with Gasteiger partial charge in [0.15, 0.2) is 0 Å². The summed E-state index contributed by atoms with van der Waals surface area (Å²) in [6, 6.07) is 5.86. The Morgan fingerprint density at radius 1 is 1.50 bits per heavy atom. The fourth-order valence-electron chi connectivity index (χ4n) is 2.25. The maximum atomic E-state index is 9.13. The van der Waals surface area contributed by atoms with E-state index in [1.54, 1.807) is 0 Å². The Balaban J connectivity index is 2.24. The van der Waals surface area contributed by atoms with Gasteiger partial charge in [0.1, 0.15) is 0 Å². The molecule has 1 aromatic carbocycles. The van der Waals surface area contributed by atoms with Crippen molar-refractivity contribution in [2.24, 2.45) is 11.7 Å². The Kier molecular flexibility index (Phi) is 3.69. The zero-order chi connectivity index (χ0) is 11.5. The molecule has 1 fully saturated rings. The highest BCUT2D eigenvalue weighted by Crippen LogP contribution is 2.30. The highest BCUT2D eigenvalue weighted by molar-refractivity contribution is 6.31. The van der Waals surface area contributed by atoms with Gasteiger partial charge in [-0.15, -0.1) is 0 Å². The summed E-state index contributed by atoms with van der Waals surface area (Å²) in [5.74, 6) is 0.379. The van der Waals surface area contributed by atoms with E-state index in [2.05, 4.69) is 4.90 Å². The summed E-state index contributed by atoms with van der Waals surface area (Å²) in [6.07, 6.45) is 1.03. The Morgan fingerprint density at radius 3 is 2.94 bits per heavy atom. The number of aliphatic hydroxyl groups is 1. The molecule has 0 saturated carbocycles. The molecule has 0 amide bonds. The Hall–Kier alpha value is -0.770. The Bertz CT molecular complexity index is 370. The van der Waals surface area contributed by atoms with E-state index in [1.807, 2.05) is 18.2 Å². The minimum atomic E-state index is 0.259. The van der Waals surface area contributed by atoms with Crippen LogP contribution in [0.1, 0.15) is 12.0 Å². The molecule has 16 heavy (non-hydrogen) atoms. The summed E-state index contributed by atoms with van der Waals surface area (Å²) in [7, 11) is 0. The summed E-state index contributed by atoms with van der Waals surface area (Å²) in [5, 5.41) is 9.86. The van der Waals surface area contributed by atoms with Gasteiger partial charge in [-0.3, -0.25) is 0 Å². The van der Waals surface area contributed by atoms with Crippen LogP contribution in [0.2, 0.25) is 5.02 Å². The quantitative estimate of drug-likeness (QED) is 0.844. The maximum absolute atomic E-state index is 9.13. The molecule has 0 aromatic heterocycles. The van der Waals surface area contributed by atoms with Crippen LogP contribution in [0.5, 0.6) is 0 Å². The number of benzene rings is 1. The second-order valence-corrected chi connectivity index (χ2v) is 4.63. The second-order valence-electron chi connectivity index (χ2n) is 4.22. The fraction of sp³-hybridized carbons (Fsp3) is 0.500. The molecule has 1 aliphatic rings. The van der Waals surface area contributed by atoms with Crippen LogP contribution in [0.15, 0.2) is 18.2 Å². The van der Waals surface area contributed by atoms with E-state index in [4.69, 9.17) is 22.4 Å². The van der Waals surface area contributed by atoms with E-state index >= 15 is 0 Å². The smallest absolute Gasteiger partial charge is 0.0476 e. The number of anilines is 1. The number of hydrogen-bond acceptors (Lipinski definition) is 3. The van der Waals surface area contributed by atoms with Crippen LogP contribution < -0.4 is 10.6 Å². The first-order chi connectivity index (χ1) is 7.76. The molecular formula is C12H17ClN2O. The van der Waals surface area contributed by atoms with Crippen molar-refractivity contribution in [2.45, 2.75) is 13.0 Å². The van der Waals surface area contributed by atoms with Crippen LogP contribution in [0.4, 0.5) is 5.69 Å². The standard InChI is InChI=1S/C12H17ClN2O/c13-11-2-1-3-12(10(11)6-14)15-5-4-9(7-15)8-16/h1-3,9,16H,4-8,14H2. The molecule has 1 saturated heterocycles. The van der Waals surface area contributed by atoms with Crippen LogP contribution in [-0.4, -0.2) is 24.8 Å². The molecule has 0 radical (unpaired) electrons. The molecule has 3 nitrogen and oxygen atoms in total. The molecule has 1 atom stereocenters. The van der Waals surface area contributed by atoms with E-state index in [9.17, 15) is 0 Å². The van der Waals surface area contributed by atoms with Crippen molar-refractivity contribution in [2.75, 3.05) is 24.6 Å². The molecule has 0 bridgehead atoms. The zero-order valence-corrected chi connectivity index (χ0v) is 9.95. The predicted octanol–water partition coefficient (Wildman–Crippen LogP) is 1.62. The van der Waals surface area contributed by atoms with E-state index in [0.29, 0.717) is 12.5 Å². The van der Waals surface area contributed by atoms with Crippen molar-refractivity contribution in [1.82, 2.24) is 0 Å². The summed E-state index contributed by atoms with van der Waals surface area (Å²) in [4.78, 5) is 2.26. The van der Waals surface area contributed by atoms with Gasteiger partial charge in [-0.2, -0.15) is 0 Å². The molecule has 88 valence electrons. The third-order valence-electron chi connectivity index (χ3n) is 3.18. The number of halogens is 1. The molecule has 0 spiro atoms. The van der Waals surface area contributed by atoms with Gasteiger partial charge in [-0.25, -0.2) is 0 Å². The molecule has 4 heteroatoms. The van der Waals surface area contributed by atoms with E-state index in [1.165, 1.54) is 0 Å². The monoisotopic (exact) mass is 240 g/mol. The van der Waals surface area contributed by atoms with Crippen molar-refractivity contribution in [1.29, 1.82) is 0 Å². The summed E-state index contributed by atoms with van der Waals surface area (Å²) < 4.78 is 0. The first-order valence-electron chi connectivity index (χ1n) is 5.59. The van der Waals surface area contributed by atoms with Crippen molar-refractivity contribution >= 4 is 17.3 Å². The number of rotatable bonds is 3. The van der Waals surface area contributed by atoms with Gasteiger partial charge >= 0.3 is 0 Å². The van der Waals surface area contributed by atoms with Crippen LogP contribution in [0, 0.1) is 5.92 Å². The number of nitrogens with zero attached hydrogens (tertiary/aromatic N) is 1. The number of hydrogen-bond donors (Lipinski definition) is 2. The van der Waals surface area contributed by atoms with Gasteiger partial charge in [0.25, 0.3) is 0 Å². The fourth-order valence-corrected chi connectivity index (χ4v) is 2.49. The van der Waals surface area contributed by atoms with Crippen molar-refractivity contribution in [3.05, 3.63) is 28.8 Å². The first-order valence-corrected chi connectivity index (χ1v) is 5.97. The lowest BCUT2D eigenvalue weighted by atomic mass is 10.1. The largest absolute Gasteiger partial charge is 0.396 e. The topological polar surface area (TPSA) is 49.5 Å². The van der Waals surface area contributed by atoms with E-state index in [0.717, 1.165) is 35.8 Å². The van der Waals surface area contributed by atoms with Crippen LogP contribution >= 0.6 is 11.6 Å². The van der Waals surface area contributed by atoms with Gasteiger partial charge in [0.05, 0.1) is 0 Å². The average molecular weight is 241 g/mol. The molecule has 1 heterocycles. The van der Waals surface area contributed by atoms with Gasteiger partial charge in [0, 0.05) is 48.4 Å². The minimum Gasteiger partial charge on any atom is -0.396 e.